The van der Waals surface area contributed by atoms with Crippen molar-refractivity contribution in [3.63, 3.8) is 0 Å². The molecule has 0 bridgehead atoms. The highest BCUT2D eigenvalue weighted by atomic mass is 32.2. The molecule has 0 spiro atoms. The molecule has 1 aliphatic carbocycles. The molecule has 1 saturated heterocycles. The zero-order chi connectivity index (χ0) is 23.3. The van der Waals surface area contributed by atoms with Crippen molar-refractivity contribution in [1.82, 2.24) is 9.29 Å². The number of hydrogen-bond acceptors (Lipinski definition) is 5. The second-order valence-electron chi connectivity index (χ2n) is 8.15. The van der Waals surface area contributed by atoms with Crippen LogP contribution in [-0.4, -0.2) is 54.5 Å². The number of benzene rings is 1. The van der Waals surface area contributed by atoms with E-state index in [0.717, 1.165) is 17.8 Å². The largest absolute Gasteiger partial charge is 0.481 e. The number of fused-ring (bicyclic) bond motifs is 1. The second kappa shape index (κ2) is 8.04. The molecular weight excluding hydrogens is 447 g/mol. The van der Waals surface area contributed by atoms with Crippen LogP contribution in [0.15, 0.2) is 41.4 Å². The number of anilines is 1. The molecule has 1 N–H and O–H groups in total. The van der Waals surface area contributed by atoms with Crippen molar-refractivity contribution >= 4 is 21.8 Å². The topological polar surface area (TPSA) is 90.8 Å². The first-order chi connectivity index (χ1) is 15.0. The number of piperazine rings is 1. The van der Waals surface area contributed by atoms with Crippen LogP contribution in [0.3, 0.4) is 0 Å². The smallest absolute Gasteiger partial charge is 0.417 e. The lowest BCUT2D eigenvalue weighted by Crippen LogP contribution is -2.54. The van der Waals surface area contributed by atoms with Gasteiger partial charge in [0.05, 0.1) is 16.4 Å². The number of sulfonamides is 1. The average Bonchev–Trinajstić information content (AvgIpc) is 3.17. The number of carboxylic acids is 1. The molecule has 1 aromatic heterocycles. The van der Waals surface area contributed by atoms with Gasteiger partial charge in [0, 0.05) is 31.9 Å². The van der Waals surface area contributed by atoms with Crippen LogP contribution in [0.25, 0.3) is 0 Å². The Kier molecular flexibility index (Phi) is 5.66. The number of carbonyl (C=O) groups is 1. The van der Waals surface area contributed by atoms with Gasteiger partial charge >= 0.3 is 12.1 Å². The van der Waals surface area contributed by atoms with Gasteiger partial charge in [-0.3, -0.25) is 4.79 Å². The molecule has 2 aromatic rings. The Hall–Kier alpha value is -2.66. The Morgan fingerprint density at radius 2 is 1.91 bits per heavy atom. The lowest BCUT2D eigenvalue weighted by molar-refractivity contribution is -0.141. The zero-order valence-corrected chi connectivity index (χ0v) is 18.0. The maximum Gasteiger partial charge on any atom is 0.417 e. The van der Waals surface area contributed by atoms with E-state index >= 15 is 0 Å². The Morgan fingerprint density at radius 1 is 1.16 bits per heavy atom. The van der Waals surface area contributed by atoms with Gasteiger partial charge in [0.15, 0.2) is 0 Å². The predicted molar refractivity (Wildman–Crippen MR) is 110 cm³/mol. The molecule has 7 nitrogen and oxygen atoms in total. The minimum atomic E-state index is -4.47. The van der Waals surface area contributed by atoms with E-state index in [1.807, 2.05) is 0 Å². The van der Waals surface area contributed by atoms with E-state index in [9.17, 15) is 31.5 Å². The number of hydrogen-bond donors (Lipinski definition) is 1. The van der Waals surface area contributed by atoms with Crippen molar-refractivity contribution in [1.29, 1.82) is 0 Å². The highest BCUT2D eigenvalue weighted by Crippen LogP contribution is 2.35. The van der Waals surface area contributed by atoms with E-state index in [-0.39, 0.29) is 31.0 Å². The van der Waals surface area contributed by atoms with Crippen molar-refractivity contribution < 1.29 is 31.5 Å². The standard InChI is InChI=1S/C21H22F3N3O4S/c1-13-12-26(19-6-5-16(11-25-19)21(22,23)24)7-8-27(13)32(30,31)18-4-2-3-14-9-15(20(28)29)10-17(14)18/h2-6,11,13,15H,7-10,12H2,1H3,(H,28,29)/t13-,15?/m0/s1. The molecule has 1 fully saturated rings. The Labute approximate surface area is 183 Å². The molecule has 1 aromatic carbocycles. The zero-order valence-electron chi connectivity index (χ0n) is 17.2. The van der Waals surface area contributed by atoms with Gasteiger partial charge in [0.2, 0.25) is 10.0 Å². The number of halogens is 3. The first-order valence-corrected chi connectivity index (χ1v) is 11.6. The Balaban J connectivity index is 1.53. The fourth-order valence-electron chi connectivity index (χ4n) is 4.41. The number of aliphatic carboxylic acids is 1. The summed E-state index contributed by atoms with van der Waals surface area (Å²) in [6.45, 7) is 2.41. The average molecular weight is 469 g/mol. The van der Waals surface area contributed by atoms with Crippen LogP contribution in [0.2, 0.25) is 0 Å². The summed E-state index contributed by atoms with van der Waals surface area (Å²) in [4.78, 5) is 17.2. The second-order valence-corrected chi connectivity index (χ2v) is 10.0. The van der Waals surface area contributed by atoms with E-state index in [0.29, 0.717) is 17.8 Å². The number of rotatable bonds is 4. The van der Waals surface area contributed by atoms with Gasteiger partial charge in [0.1, 0.15) is 5.82 Å². The molecule has 2 aliphatic rings. The van der Waals surface area contributed by atoms with Gasteiger partial charge < -0.3 is 10.0 Å². The lowest BCUT2D eigenvalue weighted by Gasteiger charge is -2.39. The van der Waals surface area contributed by atoms with E-state index in [2.05, 4.69) is 4.98 Å². The molecular formula is C21H22F3N3O4S. The third-order valence-corrected chi connectivity index (χ3v) is 8.15. The van der Waals surface area contributed by atoms with Crippen LogP contribution in [0.1, 0.15) is 23.6 Å². The first kappa shape index (κ1) is 22.5. The molecule has 2 heterocycles. The van der Waals surface area contributed by atoms with Gasteiger partial charge in [-0.2, -0.15) is 17.5 Å². The predicted octanol–water partition coefficient (Wildman–Crippen LogP) is 2.80. The van der Waals surface area contributed by atoms with Crippen LogP contribution in [-0.2, 0) is 33.8 Å². The first-order valence-electron chi connectivity index (χ1n) is 10.1. The van der Waals surface area contributed by atoms with E-state index in [1.165, 1.54) is 16.4 Å². The fraction of sp³-hybridized carbons (Fsp3) is 0.429. The van der Waals surface area contributed by atoms with Gasteiger partial charge in [0.25, 0.3) is 0 Å². The Bertz CT molecular complexity index is 1140. The maximum atomic E-state index is 13.5. The number of pyridine rings is 1. The molecule has 0 radical (unpaired) electrons. The summed E-state index contributed by atoms with van der Waals surface area (Å²) in [5.41, 5.74) is 0.450. The van der Waals surface area contributed by atoms with Crippen LogP contribution in [0, 0.1) is 5.92 Å². The fourth-order valence-corrected chi connectivity index (χ4v) is 6.30. The Morgan fingerprint density at radius 3 is 2.50 bits per heavy atom. The van der Waals surface area contributed by atoms with Crippen LogP contribution in [0.4, 0.5) is 19.0 Å². The third-order valence-electron chi connectivity index (χ3n) is 6.05. The summed E-state index contributed by atoms with van der Waals surface area (Å²) in [5.74, 6) is -1.23. The summed E-state index contributed by atoms with van der Waals surface area (Å²) in [5, 5.41) is 9.34. The van der Waals surface area contributed by atoms with Gasteiger partial charge in [-0.05, 0) is 49.1 Å². The van der Waals surface area contributed by atoms with Gasteiger partial charge in [-0.25, -0.2) is 13.4 Å². The molecule has 0 amide bonds. The van der Waals surface area contributed by atoms with Crippen molar-refractivity contribution in [2.75, 3.05) is 24.5 Å². The van der Waals surface area contributed by atoms with E-state index < -0.39 is 39.7 Å². The summed E-state index contributed by atoms with van der Waals surface area (Å²) in [7, 11) is -3.87. The molecule has 4 rings (SSSR count). The normalized spacial score (nSPS) is 22.1. The lowest BCUT2D eigenvalue weighted by atomic mass is 10.1. The van der Waals surface area contributed by atoms with Crippen LogP contribution < -0.4 is 4.90 Å². The van der Waals surface area contributed by atoms with Crippen molar-refractivity contribution in [2.45, 2.75) is 36.9 Å². The summed E-state index contributed by atoms with van der Waals surface area (Å²) < 4.78 is 66.6. The number of nitrogens with zero attached hydrogens (tertiary/aromatic N) is 3. The monoisotopic (exact) mass is 469 g/mol. The highest BCUT2D eigenvalue weighted by Gasteiger charge is 2.38. The number of alkyl halides is 3. The summed E-state index contributed by atoms with van der Waals surface area (Å²) in [6, 6.07) is 6.69. The minimum absolute atomic E-state index is 0.131. The molecule has 11 heteroatoms. The SMILES string of the molecule is C[C@H]1CN(c2ccc(C(F)(F)F)cn2)CCN1S(=O)(=O)c1cccc2c1CC(C(=O)O)C2. The van der Waals surface area contributed by atoms with Crippen molar-refractivity contribution in [2.24, 2.45) is 5.92 Å². The highest BCUT2D eigenvalue weighted by molar-refractivity contribution is 7.89. The molecule has 1 unspecified atom stereocenters. The molecule has 0 saturated carbocycles. The summed E-state index contributed by atoms with van der Waals surface area (Å²) >= 11 is 0. The van der Waals surface area contributed by atoms with E-state index in [4.69, 9.17) is 0 Å². The van der Waals surface area contributed by atoms with Crippen LogP contribution >= 0.6 is 0 Å². The third kappa shape index (κ3) is 4.06. The van der Waals surface area contributed by atoms with Crippen molar-refractivity contribution in [3.05, 3.63) is 53.2 Å². The quantitative estimate of drug-likeness (QED) is 0.741. The number of carboxylic acid groups (broad SMARTS) is 1. The molecule has 32 heavy (non-hydrogen) atoms. The van der Waals surface area contributed by atoms with Crippen LogP contribution in [0.5, 0.6) is 0 Å². The number of aromatic nitrogens is 1. The molecule has 172 valence electrons. The molecule has 1 aliphatic heterocycles. The van der Waals surface area contributed by atoms with E-state index in [1.54, 1.807) is 24.0 Å². The van der Waals surface area contributed by atoms with Crippen molar-refractivity contribution in [3.8, 4) is 0 Å². The molecule has 2 atom stereocenters. The van der Waals surface area contributed by atoms with Gasteiger partial charge in [-0.15, -0.1) is 0 Å². The summed E-state index contributed by atoms with van der Waals surface area (Å²) in [6.07, 6.45) is -3.22. The maximum absolute atomic E-state index is 13.5. The van der Waals surface area contributed by atoms with Gasteiger partial charge in [-0.1, -0.05) is 12.1 Å². The minimum Gasteiger partial charge on any atom is -0.481 e.